The fraction of sp³-hybridized carbons (Fsp3) is 0.417. The molecule has 2 rings (SSSR count). The zero-order valence-corrected chi connectivity index (χ0v) is 13.3. The number of hydrogen-bond acceptors (Lipinski definition) is 6. The number of carbonyl (C=O) groups is 3. The molecule has 1 aromatic heterocycles. The lowest BCUT2D eigenvalue weighted by Gasteiger charge is -2.21. The third-order valence-corrected chi connectivity index (χ3v) is 4.53. The minimum absolute atomic E-state index is 0.0565. The molecule has 2 heterocycles. The highest BCUT2D eigenvalue weighted by Crippen LogP contribution is 2.24. The van der Waals surface area contributed by atoms with E-state index < -0.39 is 27.9 Å². The first-order valence-electron chi connectivity index (χ1n) is 6.42. The third kappa shape index (κ3) is 4.53. The van der Waals surface area contributed by atoms with Gasteiger partial charge in [0.1, 0.15) is 11.0 Å². The van der Waals surface area contributed by atoms with Crippen molar-refractivity contribution in [3.05, 3.63) is 17.0 Å². The number of thiophene rings is 1. The van der Waals surface area contributed by atoms with Gasteiger partial charge in [-0.1, -0.05) is 0 Å². The number of imide groups is 1. The van der Waals surface area contributed by atoms with E-state index in [-0.39, 0.29) is 25.2 Å². The van der Waals surface area contributed by atoms with Gasteiger partial charge in [0.05, 0.1) is 12.7 Å². The summed E-state index contributed by atoms with van der Waals surface area (Å²) < 4.78 is 24.8. The van der Waals surface area contributed by atoms with Crippen molar-refractivity contribution in [1.29, 1.82) is 0 Å². The lowest BCUT2D eigenvalue weighted by Crippen LogP contribution is -2.52. The first kappa shape index (κ1) is 16.4. The molecule has 0 radical (unpaired) electrons. The van der Waals surface area contributed by atoms with Gasteiger partial charge in [-0.3, -0.25) is 24.4 Å². The molecule has 1 aliphatic heterocycles. The molecule has 22 heavy (non-hydrogen) atoms. The molecule has 120 valence electrons. The number of carbonyl (C=O) groups excluding carboxylic acids is 3. The van der Waals surface area contributed by atoms with Gasteiger partial charge in [-0.15, -0.1) is 11.3 Å². The summed E-state index contributed by atoms with van der Waals surface area (Å²) >= 11 is 1.17. The Morgan fingerprint density at radius 2 is 2.18 bits per heavy atom. The molecule has 1 aliphatic rings. The molecule has 1 saturated heterocycles. The average molecular weight is 345 g/mol. The van der Waals surface area contributed by atoms with Crippen molar-refractivity contribution in [3.8, 4) is 0 Å². The first-order valence-corrected chi connectivity index (χ1v) is 9.19. The van der Waals surface area contributed by atoms with Crippen LogP contribution >= 0.6 is 11.3 Å². The molecule has 8 nitrogen and oxygen atoms in total. The van der Waals surface area contributed by atoms with Crippen LogP contribution in [0.2, 0.25) is 0 Å². The van der Waals surface area contributed by atoms with Gasteiger partial charge in [0.25, 0.3) is 0 Å². The summed E-state index contributed by atoms with van der Waals surface area (Å²) in [6, 6.07) is 0.900. The molecule has 1 fully saturated rings. The van der Waals surface area contributed by atoms with Crippen LogP contribution in [0.5, 0.6) is 0 Å². The molecule has 3 N–H and O–H groups in total. The summed E-state index contributed by atoms with van der Waals surface area (Å²) in [4.78, 5) is 34.6. The van der Waals surface area contributed by atoms with Crippen molar-refractivity contribution in [2.45, 2.75) is 25.3 Å². The van der Waals surface area contributed by atoms with Gasteiger partial charge in [0.2, 0.25) is 27.7 Å². The maximum atomic E-state index is 12.0. The number of hydrogen-bond donors (Lipinski definition) is 3. The van der Waals surface area contributed by atoms with Crippen molar-refractivity contribution in [2.24, 2.45) is 0 Å². The number of amides is 3. The molecule has 1 unspecified atom stereocenters. The first-order chi connectivity index (χ1) is 10.2. The second-order valence-corrected chi connectivity index (χ2v) is 7.56. The normalized spacial score (nSPS) is 18.7. The lowest BCUT2D eigenvalue weighted by atomic mass is 10.1. The second-order valence-electron chi connectivity index (χ2n) is 4.90. The van der Waals surface area contributed by atoms with Crippen LogP contribution in [-0.4, -0.2) is 38.4 Å². The van der Waals surface area contributed by atoms with Crippen LogP contribution in [0.1, 0.15) is 18.4 Å². The lowest BCUT2D eigenvalue weighted by molar-refractivity contribution is -0.137. The SMILES string of the molecule is CS(=O)(=O)Nc1sccc1CC(=O)NC1CCC(=O)NC1=O. The summed E-state index contributed by atoms with van der Waals surface area (Å²) in [5.41, 5.74) is 0.528. The quantitative estimate of drug-likeness (QED) is 0.626. The summed E-state index contributed by atoms with van der Waals surface area (Å²) in [5.74, 6) is -1.29. The maximum Gasteiger partial charge on any atom is 0.249 e. The molecule has 3 amide bonds. The molecule has 0 aromatic carbocycles. The Hall–Kier alpha value is -1.94. The smallest absolute Gasteiger partial charge is 0.249 e. The Kier molecular flexibility index (Phi) is 4.81. The van der Waals surface area contributed by atoms with Crippen LogP contribution in [0.3, 0.4) is 0 Å². The highest BCUT2D eigenvalue weighted by Gasteiger charge is 2.28. The zero-order valence-electron chi connectivity index (χ0n) is 11.7. The van der Waals surface area contributed by atoms with E-state index in [0.29, 0.717) is 10.6 Å². The zero-order chi connectivity index (χ0) is 16.3. The largest absolute Gasteiger partial charge is 0.344 e. The van der Waals surface area contributed by atoms with E-state index in [2.05, 4.69) is 15.4 Å². The number of piperidine rings is 1. The van der Waals surface area contributed by atoms with Crippen molar-refractivity contribution < 1.29 is 22.8 Å². The van der Waals surface area contributed by atoms with E-state index in [4.69, 9.17) is 0 Å². The van der Waals surface area contributed by atoms with Gasteiger partial charge in [0.15, 0.2) is 0 Å². The number of anilines is 1. The summed E-state index contributed by atoms with van der Waals surface area (Å²) in [6.45, 7) is 0. The molecular weight excluding hydrogens is 330 g/mol. The highest BCUT2D eigenvalue weighted by atomic mass is 32.2. The molecule has 0 aliphatic carbocycles. The molecule has 1 aromatic rings. The Morgan fingerprint density at radius 1 is 1.45 bits per heavy atom. The van der Waals surface area contributed by atoms with E-state index in [1.165, 1.54) is 11.3 Å². The van der Waals surface area contributed by atoms with Crippen molar-refractivity contribution in [1.82, 2.24) is 10.6 Å². The number of nitrogens with one attached hydrogen (secondary N) is 3. The molecule has 0 saturated carbocycles. The van der Waals surface area contributed by atoms with Gasteiger partial charge in [-0.2, -0.15) is 0 Å². The minimum Gasteiger partial charge on any atom is -0.344 e. The fourth-order valence-electron chi connectivity index (χ4n) is 1.98. The Bertz CT molecular complexity index is 710. The van der Waals surface area contributed by atoms with Gasteiger partial charge >= 0.3 is 0 Å². The van der Waals surface area contributed by atoms with Crippen molar-refractivity contribution in [3.63, 3.8) is 0 Å². The molecule has 0 bridgehead atoms. The van der Waals surface area contributed by atoms with Gasteiger partial charge in [-0.25, -0.2) is 8.42 Å². The van der Waals surface area contributed by atoms with Gasteiger partial charge < -0.3 is 5.32 Å². The Balaban J connectivity index is 1.97. The Labute approximate surface area is 131 Å². The van der Waals surface area contributed by atoms with Crippen LogP contribution in [0.15, 0.2) is 11.4 Å². The van der Waals surface area contributed by atoms with E-state index >= 15 is 0 Å². The average Bonchev–Trinajstić information content (AvgIpc) is 2.78. The van der Waals surface area contributed by atoms with Gasteiger partial charge in [-0.05, 0) is 23.4 Å². The van der Waals surface area contributed by atoms with Crippen molar-refractivity contribution >= 4 is 44.1 Å². The summed E-state index contributed by atoms with van der Waals surface area (Å²) in [6.07, 6.45) is 1.41. The maximum absolute atomic E-state index is 12.0. The topological polar surface area (TPSA) is 121 Å². The van der Waals surface area contributed by atoms with Crippen LogP contribution in [0.25, 0.3) is 0 Å². The van der Waals surface area contributed by atoms with Crippen LogP contribution in [0, 0.1) is 0 Å². The molecular formula is C12H15N3O5S2. The monoisotopic (exact) mass is 345 g/mol. The fourth-order valence-corrected chi connectivity index (χ4v) is 3.76. The van der Waals surface area contributed by atoms with Crippen molar-refractivity contribution in [2.75, 3.05) is 11.0 Å². The summed E-state index contributed by atoms with van der Waals surface area (Å²) in [7, 11) is -3.42. The van der Waals surface area contributed by atoms with Crippen LogP contribution in [-0.2, 0) is 30.8 Å². The summed E-state index contributed by atoms with van der Waals surface area (Å²) in [5, 5.41) is 6.74. The molecule has 1 atom stereocenters. The second kappa shape index (κ2) is 6.44. The standard InChI is InChI=1S/C12H15N3O5S2/c1-22(19,20)15-12-7(4-5-21-12)6-10(17)13-8-2-3-9(16)14-11(8)18/h4-5,8,15H,2-3,6H2,1H3,(H,13,17)(H,14,16,18). The minimum atomic E-state index is -3.42. The van der Waals surface area contributed by atoms with E-state index in [1.54, 1.807) is 11.4 Å². The van der Waals surface area contributed by atoms with E-state index in [1.807, 2.05) is 0 Å². The van der Waals surface area contributed by atoms with Crippen LogP contribution < -0.4 is 15.4 Å². The third-order valence-electron chi connectivity index (χ3n) is 2.95. The molecule has 0 spiro atoms. The number of sulfonamides is 1. The van der Waals surface area contributed by atoms with E-state index in [0.717, 1.165) is 6.26 Å². The predicted molar refractivity (Wildman–Crippen MR) is 80.8 cm³/mol. The van der Waals surface area contributed by atoms with Gasteiger partial charge in [0, 0.05) is 6.42 Å². The van der Waals surface area contributed by atoms with E-state index in [9.17, 15) is 22.8 Å². The highest BCUT2D eigenvalue weighted by molar-refractivity contribution is 7.92. The molecule has 10 heteroatoms. The number of rotatable bonds is 5. The Morgan fingerprint density at radius 3 is 2.82 bits per heavy atom. The van der Waals surface area contributed by atoms with Crippen LogP contribution in [0.4, 0.5) is 5.00 Å². The predicted octanol–water partition coefficient (Wildman–Crippen LogP) is -0.417.